The van der Waals surface area contributed by atoms with Crippen LogP contribution in [-0.2, 0) is 19.2 Å². The molecular formula is C61H48O35. The number of phenolic OH excluding ortho intramolecular Hbond substituents is 4. The number of hydrogen-bond donors (Lipinski definition) is 18. The van der Waals surface area contributed by atoms with Gasteiger partial charge in [-0.15, -0.1) is 0 Å². The summed E-state index contributed by atoms with van der Waals surface area (Å²) in [6.45, 7) is 0.742. The summed E-state index contributed by atoms with van der Waals surface area (Å²) in [6, 6.07) is 32.5. The third kappa shape index (κ3) is 27.2. The number of hydrogen-bond acceptors (Lipinski definition) is 26. The molecule has 0 aliphatic heterocycles. The molecule has 0 radical (unpaired) electrons. The summed E-state index contributed by atoms with van der Waals surface area (Å²) < 4.78 is 17.6. The molecule has 96 heavy (non-hydrogen) atoms. The number of carbonyl (C=O) groups is 13. The lowest BCUT2D eigenvalue weighted by atomic mass is 10.1. The second-order valence-corrected chi connectivity index (χ2v) is 16.8. The lowest BCUT2D eigenvalue weighted by molar-refractivity contribution is -0.121. The molecule has 0 atom stereocenters. The SMILES string of the molecule is O=C(O)c1c(O)cccc1O.O=C(O)c1ccc(O)cc1O.O=C(O)c1cccc(O)c1O.O=C(O)c1ccccc1C(=O)O.O=COc1cc(O)c(C(=O)O)cc1O.O=COc1cc(O)cc(C(=O)O)c1.O=COc1ccc(C(=O)O)cc1.O=COc1cccc(C(=O)O)c1. The zero-order valence-electron chi connectivity index (χ0n) is 47.8. The molecule has 0 bridgehead atoms. The van der Waals surface area contributed by atoms with E-state index in [1.54, 1.807) is 0 Å². The summed E-state index contributed by atoms with van der Waals surface area (Å²) in [6.07, 6.45) is 0. The van der Waals surface area contributed by atoms with Crippen LogP contribution in [0.4, 0.5) is 0 Å². The first kappa shape index (κ1) is 79.1. The Labute approximate surface area is 533 Å². The number of phenols is 9. The molecule has 8 aromatic rings. The molecule has 0 heterocycles. The Bertz CT molecular complexity index is 4050. The highest BCUT2D eigenvalue weighted by Gasteiger charge is 2.17. The number of ether oxygens (including phenoxy) is 4. The Morgan fingerprint density at radius 3 is 1.12 bits per heavy atom. The zero-order chi connectivity index (χ0) is 72.9. The van der Waals surface area contributed by atoms with Crippen molar-refractivity contribution in [2.75, 3.05) is 0 Å². The van der Waals surface area contributed by atoms with E-state index in [1.165, 1.54) is 115 Å². The van der Waals surface area contributed by atoms with Crippen molar-refractivity contribution < 1.29 is 173 Å². The smallest absolute Gasteiger partial charge is 0.343 e. The molecule has 0 amide bonds. The molecule has 35 heteroatoms. The molecule has 35 nitrogen and oxygen atoms in total. The van der Waals surface area contributed by atoms with Gasteiger partial charge < -0.3 is 111 Å². The highest BCUT2D eigenvalue weighted by molar-refractivity contribution is 6.01. The van der Waals surface area contributed by atoms with Crippen molar-refractivity contribution in [3.8, 4) is 74.7 Å². The van der Waals surface area contributed by atoms with Gasteiger partial charge in [0, 0.05) is 24.3 Å². The third-order valence-electron chi connectivity index (χ3n) is 10.4. The summed E-state index contributed by atoms with van der Waals surface area (Å²) >= 11 is 0. The minimum atomic E-state index is -1.39. The Balaban J connectivity index is 0.000000549. The van der Waals surface area contributed by atoms with Crippen LogP contribution in [0, 0.1) is 0 Å². The van der Waals surface area contributed by atoms with Crippen LogP contribution in [0.15, 0.2) is 158 Å². The molecule has 8 rings (SSSR count). The summed E-state index contributed by atoms with van der Waals surface area (Å²) in [5.41, 5.74) is -1.73. The van der Waals surface area contributed by atoms with Crippen LogP contribution >= 0.6 is 0 Å². The number of aromatic hydroxyl groups is 9. The largest absolute Gasteiger partial charge is 0.508 e. The minimum Gasteiger partial charge on any atom is -0.508 e. The van der Waals surface area contributed by atoms with Gasteiger partial charge in [0.1, 0.15) is 74.0 Å². The summed E-state index contributed by atoms with van der Waals surface area (Å²) in [7, 11) is 0. The van der Waals surface area contributed by atoms with E-state index in [9.17, 15) is 62.3 Å². The van der Waals surface area contributed by atoms with E-state index in [-0.39, 0.29) is 93.6 Å². The van der Waals surface area contributed by atoms with Gasteiger partial charge in [-0.3, -0.25) is 19.2 Å². The molecule has 0 saturated heterocycles. The number of carboxylic acids is 9. The Morgan fingerprint density at radius 1 is 0.260 bits per heavy atom. The number of rotatable bonds is 17. The predicted octanol–water partition coefficient (Wildman–Crippen LogP) is 6.27. The third-order valence-corrected chi connectivity index (χ3v) is 10.4. The second kappa shape index (κ2) is 39.9. The van der Waals surface area contributed by atoms with Gasteiger partial charge in [-0.05, 0) is 103 Å². The van der Waals surface area contributed by atoms with E-state index in [0.717, 1.165) is 42.5 Å². The van der Waals surface area contributed by atoms with Crippen LogP contribution < -0.4 is 18.9 Å². The number of aromatic carboxylic acids is 9. The lowest BCUT2D eigenvalue weighted by Gasteiger charge is -2.04. The first-order valence-corrected chi connectivity index (χ1v) is 24.9. The van der Waals surface area contributed by atoms with Crippen LogP contribution in [0.2, 0.25) is 0 Å². The quantitative estimate of drug-likeness (QED) is 0.0271. The average molecular weight is 1340 g/mol. The molecule has 502 valence electrons. The normalized spacial score (nSPS) is 9.29. The van der Waals surface area contributed by atoms with Crippen LogP contribution in [0.5, 0.6) is 74.7 Å². The molecule has 18 N–H and O–H groups in total. The van der Waals surface area contributed by atoms with Gasteiger partial charge in [0.25, 0.3) is 25.9 Å². The fraction of sp³-hybridized carbons (Fsp3) is 0. The molecule has 0 aromatic heterocycles. The lowest BCUT2D eigenvalue weighted by Crippen LogP contribution is -2.06. The monoisotopic (exact) mass is 1340 g/mol. The molecule has 0 aliphatic carbocycles. The zero-order valence-corrected chi connectivity index (χ0v) is 47.8. The Hall–Kier alpha value is -14.9. The highest BCUT2D eigenvalue weighted by Crippen LogP contribution is 2.33. The Morgan fingerprint density at radius 2 is 0.688 bits per heavy atom. The molecular weight excluding hydrogens is 1290 g/mol. The van der Waals surface area contributed by atoms with Crippen molar-refractivity contribution in [1.82, 2.24) is 0 Å². The maximum Gasteiger partial charge on any atom is 0.343 e. The predicted molar refractivity (Wildman–Crippen MR) is 316 cm³/mol. The summed E-state index contributed by atoms with van der Waals surface area (Å²) in [4.78, 5) is 133. The van der Waals surface area contributed by atoms with Crippen molar-refractivity contribution in [2.45, 2.75) is 0 Å². The van der Waals surface area contributed by atoms with E-state index in [1.807, 2.05) is 0 Å². The van der Waals surface area contributed by atoms with Crippen LogP contribution in [0.1, 0.15) is 93.2 Å². The van der Waals surface area contributed by atoms with E-state index >= 15 is 0 Å². The standard InChI is InChI=1S/C8H6O6.C8H6O5.3C8H6O4.3C7H6O4/c9-3-14-7-2-5(10)4(8(12)13)1-6(7)11;9-4-13-7-2-5(8(11)12)1-6(10)3-7;9-5-12-7-3-1-6(2-4-7)8(10)11;9-5-12-7-3-1-2-6(4-7)8(10)11;9-7(10)5-3-1-2-4-6(5)8(11)12;8-4-1-2-5(7(10)11)6(9)3-4;8-4-2-1-3-5(9)6(4)7(10)11;8-5-3-1-2-4(6(5)9)7(10)11/h1-3,10-11H,(H,12,13);1-4,10H,(H,11,12);2*1-5H,(H,10,11);1-4H,(H,9,10)(H,11,12);3*1-3,8-9H,(H,10,11). The van der Waals surface area contributed by atoms with Crippen LogP contribution in [0.3, 0.4) is 0 Å². The van der Waals surface area contributed by atoms with Gasteiger partial charge in [0.2, 0.25) is 0 Å². The van der Waals surface area contributed by atoms with Crippen molar-refractivity contribution in [3.05, 3.63) is 208 Å². The van der Waals surface area contributed by atoms with Gasteiger partial charge >= 0.3 is 53.7 Å². The summed E-state index contributed by atoms with van der Waals surface area (Å²) in [5, 5.41) is 157. The van der Waals surface area contributed by atoms with Gasteiger partial charge in [-0.25, -0.2) is 43.2 Å². The van der Waals surface area contributed by atoms with Gasteiger partial charge in [-0.2, -0.15) is 0 Å². The van der Waals surface area contributed by atoms with E-state index in [0.29, 0.717) is 5.75 Å². The van der Waals surface area contributed by atoms with E-state index in [4.69, 9.17) is 91.9 Å². The molecule has 0 fully saturated rings. The summed E-state index contributed by atoms with van der Waals surface area (Å²) in [5.74, 6) is -14.6. The number of carboxylic acid groups (broad SMARTS) is 9. The number of para-hydroxylation sites is 1. The van der Waals surface area contributed by atoms with Gasteiger partial charge in [0.15, 0.2) is 23.0 Å². The maximum absolute atomic E-state index is 10.5. The van der Waals surface area contributed by atoms with Crippen molar-refractivity contribution in [2.24, 2.45) is 0 Å². The van der Waals surface area contributed by atoms with Gasteiger partial charge in [0.05, 0.1) is 27.8 Å². The minimum absolute atomic E-state index is 0.00704. The van der Waals surface area contributed by atoms with Crippen molar-refractivity contribution in [1.29, 1.82) is 0 Å². The fourth-order valence-electron chi connectivity index (χ4n) is 6.20. The molecule has 0 unspecified atom stereocenters. The molecule has 0 spiro atoms. The van der Waals surface area contributed by atoms with E-state index in [2.05, 4.69) is 18.9 Å². The maximum atomic E-state index is 10.5. The van der Waals surface area contributed by atoms with Crippen LogP contribution in [-0.4, -0.2) is 172 Å². The highest BCUT2D eigenvalue weighted by atomic mass is 16.5. The van der Waals surface area contributed by atoms with Crippen molar-refractivity contribution >= 4 is 79.6 Å². The first-order valence-electron chi connectivity index (χ1n) is 24.9. The van der Waals surface area contributed by atoms with Gasteiger partial charge in [-0.1, -0.05) is 30.3 Å². The second-order valence-electron chi connectivity index (χ2n) is 16.8. The van der Waals surface area contributed by atoms with E-state index < -0.39 is 105 Å². The van der Waals surface area contributed by atoms with Crippen LogP contribution in [0.25, 0.3) is 0 Å². The number of benzene rings is 8. The topological polar surface area (TPSA) is 623 Å². The Kier molecular flexibility index (Phi) is 32.8. The molecule has 8 aromatic carbocycles. The number of carbonyl (C=O) groups excluding carboxylic acids is 4. The molecule has 0 aliphatic rings. The molecule has 0 saturated carbocycles. The fourth-order valence-corrected chi connectivity index (χ4v) is 6.20. The average Bonchev–Trinajstić information content (AvgIpc) is 0.969. The first-order chi connectivity index (χ1) is 45.1. The van der Waals surface area contributed by atoms with Crippen molar-refractivity contribution in [3.63, 3.8) is 0 Å².